The molecule has 0 saturated carbocycles. The van der Waals surface area contributed by atoms with Gasteiger partial charge in [0.1, 0.15) is 5.04 Å². The summed E-state index contributed by atoms with van der Waals surface area (Å²) in [5.41, 5.74) is 2.02. The minimum atomic E-state index is -2.61. The number of unbranched alkanes of at least 4 members (excludes halogenated alkanes) is 1. The molecule has 1 amide bonds. The van der Waals surface area contributed by atoms with Crippen molar-refractivity contribution in [3.05, 3.63) is 126 Å². The molecule has 0 saturated heterocycles. The van der Waals surface area contributed by atoms with Crippen molar-refractivity contribution in [3.8, 4) is 0 Å². The SMILES string of the molecule is CCCCSC1=NC(c2ccc(C)cc2)=NC(=O)C1=P(c1ccccc1)(c1ccccc1)c1ccccc1. The average Bonchev–Trinajstić information content (AvgIpc) is 2.97. The predicted octanol–water partition coefficient (Wildman–Crippen LogP) is 6.38. The Bertz CT molecular complexity index is 1420. The Labute approximate surface area is 229 Å². The fraction of sp³-hybridized carbons (Fsp3) is 0.152. The molecule has 0 unspecified atom stereocenters. The van der Waals surface area contributed by atoms with E-state index in [4.69, 9.17) is 4.99 Å². The van der Waals surface area contributed by atoms with Gasteiger partial charge in [0, 0.05) is 5.56 Å². The second-order valence-corrected chi connectivity index (χ2v) is 13.7. The summed E-state index contributed by atoms with van der Waals surface area (Å²) in [5, 5.41) is 4.88. The highest BCUT2D eigenvalue weighted by atomic mass is 32.2. The van der Waals surface area contributed by atoms with E-state index in [9.17, 15) is 4.79 Å². The third kappa shape index (κ3) is 5.12. The van der Waals surface area contributed by atoms with Crippen LogP contribution in [0.5, 0.6) is 0 Å². The number of hydrogen-bond acceptors (Lipinski definition) is 3. The van der Waals surface area contributed by atoms with Crippen molar-refractivity contribution >= 4 is 56.6 Å². The molecule has 5 rings (SSSR count). The van der Waals surface area contributed by atoms with Gasteiger partial charge in [0.25, 0.3) is 5.91 Å². The maximum Gasteiger partial charge on any atom is 0.282 e. The van der Waals surface area contributed by atoms with Crippen LogP contribution in [-0.4, -0.2) is 27.8 Å². The molecular formula is C33H31N2OPS. The number of rotatable bonds is 7. The van der Waals surface area contributed by atoms with Crippen molar-refractivity contribution in [1.82, 2.24) is 0 Å². The van der Waals surface area contributed by atoms with Gasteiger partial charge in [-0.05, 0) is 41.9 Å². The van der Waals surface area contributed by atoms with Gasteiger partial charge >= 0.3 is 0 Å². The van der Waals surface area contributed by atoms with Crippen LogP contribution in [0.2, 0.25) is 0 Å². The highest BCUT2D eigenvalue weighted by molar-refractivity contribution is 8.18. The van der Waals surface area contributed by atoms with Crippen LogP contribution in [0.15, 0.2) is 125 Å². The van der Waals surface area contributed by atoms with E-state index < -0.39 is 6.89 Å². The molecule has 0 atom stereocenters. The van der Waals surface area contributed by atoms with E-state index in [2.05, 4.69) is 91.6 Å². The maximum absolute atomic E-state index is 14.4. The molecule has 3 nitrogen and oxygen atoms in total. The Morgan fingerprint density at radius 2 is 1.18 bits per heavy atom. The molecule has 1 heterocycles. The quantitative estimate of drug-likeness (QED) is 0.204. The van der Waals surface area contributed by atoms with Gasteiger partial charge in [0.15, 0.2) is 5.84 Å². The van der Waals surface area contributed by atoms with Crippen LogP contribution >= 0.6 is 18.6 Å². The highest BCUT2D eigenvalue weighted by Gasteiger charge is 2.37. The standard InChI is InChI=1S/C33H31N2OPS/c1-3-4-24-38-33-30(32(36)34-31(35-33)26-22-20-25(2)21-23-26)37(27-14-8-5-9-15-27,28-16-10-6-11-17-28)29-18-12-7-13-19-29/h5-23H,3-4,24H2,1-2H3. The maximum atomic E-state index is 14.4. The highest BCUT2D eigenvalue weighted by Crippen LogP contribution is 2.48. The van der Waals surface area contributed by atoms with Crippen LogP contribution in [-0.2, 0) is 4.79 Å². The van der Waals surface area contributed by atoms with E-state index in [1.54, 1.807) is 11.8 Å². The third-order valence-corrected chi connectivity index (χ3v) is 12.1. The normalized spacial score (nSPS) is 13.7. The first-order valence-electron chi connectivity index (χ1n) is 13.0. The number of amides is 1. The number of thioether (sulfide) groups is 1. The summed E-state index contributed by atoms with van der Waals surface area (Å²) in [6, 6.07) is 39.5. The van der Waals surface area contributed by atoms with E-state index in [0.29, 0.717) is 5.84 Å². The molecule has 0 fully saturated rings. The van der Waals surface area contributed by atoms with E-state index in [1.807, 2.05) is 42.5 Å². The lowest BCUT2D eigenvalue weighted by atomic mass is 10.1. The van der Waals surface area contributed by atoms with Crippen LogP contribution < -0.4 is 15.9 Å². The molecule has 4 aromatic rings. The van der Waals surface area contributed by atoms with Crippen LogP contribution in [0.1, 0.15) is 30.9 Å². The van der Waals surface area contributed by atoms with Gasteiger partial charge in [-0.2, -0.15) is 4.99 Å². The fourth-order valence-electron chi connectivity index (χ4n) is 4.74. The molecule has 1 aliphatic heterocycles. The fourth-order valence-corrected chi connectivity index (χ4v) is 10.5. The van der Waals surface area contributed by atoms with E-state index >= 15 is 0 Å². The van der Waals surface area contributed by atoms with Crippen LogP contribution in [0.25, 0.3) is 0 Å². The second kappa shape index (κ2) is 11.9. The number of nitrogens with zero attached hydrogens (tertiary/aromatic N) is 2. The molecule has 4 aromatic carbocycles. The zero-order valence-electron chi connectivity index (χ0n) is 21.7. The van der Waals surface area contributed by atoms with Crippen LogP contribution in [0.4, 0.5) is 0 Å². The Balaban J connectivity index is 1.88. The largest absolute Gasteiger partial charge is 0.282 e. The minimum Gasteiger partial charge on any atom is -0.267 e. The zero-order chi connectivity index (χ0) is 26.4. The topological polar surface area (TPSA) is 41.8 Å². The molecule has 0 spiro atoms. The van der Waals surface area contributed by atoms with Crippen molar-refractivity contribution in [3.63, 3.8) is 0 Å². The molecule has 5 heteroatoms. The van der Waals surface area contributed by atoms with Gasteiger partial charge in [0.05, 0.1) is 5.29 Å². The monoisotopic (exact) mass is 534 g/mol. The summed E-state index contributed by atoms with van der Waals surface area (Å²) < 4.78 is 0. The van der Waals surface area contributed by atoms with Crippen molar-refractivity contribution in [2.75, 3.05) is 5.75 Å². The second-order valence-electron chi connectivity index (χ2n) is 9.25. The lowest BCUT2D eigenvalue weighted by Gasteiger charge is -2.33. The summed E-state index contributed by atoms with van der Waals surface area (Å²) in [6.07, 6.45) is 2.13. The number of aliphatic imine (C=N–C) groups is 2. The van der Waals surface area contributed by atoms with Crippen LogP contribution in [0.3, 0.4) is 0 Å². The first-order chi connectivity index (χ1) is 18.6. The first kappa shape index (κ1) is 26.2. The number of carbonyl (C=O) groups excluding carboxylic acids is 1. The number of benzene rings is 4. The first-order valence-corrected chi connectivity index (χ1v) is 15.8. The number of hydrogen-bond donors (Lipinski definition) is 0. The lowest BCUT2D eigenvalue weighted by molar-refractivity contribution is -0.111. The zero-order valence-corrected chi connectivity index (χ0v) is 23.5. The summed E-state index contributed by atoms with van der Waals surface area (Å²) in [4.78, 5) is 24.1. The summed E-state index contributed by atoms with van der Waals surface area (Å²) in [7, 11) is 0. The Kier molecular flexibility index (Phi) is 8.22. The van der Waals surface area contributed by atoms with Crippen molar-refractivity contribution in [1.29, 1.82) is 0 Å². The predicted molar refractivity (Wildman–Crippen MR) is 168 cm³/mol. The van der Waals surface area contributed by atoms with Crippen molar-refractivity contribution < 1.29 is 4.79 Å². The smallest absolute Gasteiger partial charge is 0.267 e. The van der Waals surface area contributed by atoms with Crippen LogP contribution in [0, 0.1) is 6.92 Å². The van der Waals surface area contributed by atoms with Gasteiger partial charge in [-0.3, -0.25) is 4.79 Å². The van der Waals surface area contributed by atoms with Gasteiger partial charge in [-0.1, -0.05) is 134 Å². The Morgan fingerprint density at radius 3 is 1.66 bits per heavy atom. The summed E-state index contributed by atoms with van der Waals surface area (Å²) in [6.45, 7) is 1.63. The molecule has 38 heavy (non-hydrogen) atoms. The molecule has 0 aromatic heterocycles. The van der Waals surface area contributed by atoms with E-state index in [1.165, 1.54) is 0 Å². The molecule has 1 aliphatic rings. The van der Waals surface area contributed by atoms with Crippen molar-refractivity contribution in [2.24, 2.45) is 9.98 Å². The molecule has 0 bridgehead atoms. The molecular weight excluding hydrogens is 503 g/mol. The molecule has 0 aliphatic carbocycles. The van der Waals surface area contributed by atoms with Crippen molar-refractivity contribution in [2.45, 2.75) is 26.7 Å². The molecule has 190 valence electrons. The Hall–Kier alpha value is -3.46. The van der Waals surface area contributed by atoms with E-state index in [0.717, 1.165) is 56.0 Å². The minimum absolute atomic E-state index is 0.195. The molecule has 0 radical (unpaired) electrons. The third-order valence-electron chi connectivity index (χ3n) is 6.63. The summed E-state index contributed by atoms with van der Waals surface area (Å²) >= 11 is 1.69. The van der Waals surface area contributed by atoms with Gasteiger partial charge < -0.3 is 0 Å². The molecule has 0 N–H and O–H groups in total. The van der Waals surface area contributed by atoms with Gasteiger partial charge in [0.2, 0.25) is 0 Å². The van der Waals surface area contributed by atoms with Gasteiger partial charge in [-0.25, -0.2) is 4.99 Å². The number of aryl methyl sites for hydroxylation is 1. The van der Waals surface area contributed by atoms with Gasteiger partial charge in [-0.15, -0.1) is 11.8 Å². The average molecular weight is 535 g/mol. The summed E-state index contributed by atoms with van der Waals surface area (Å²) in [5.74, 6) is 1.19. The number of carbonyl (C=O) groups is 1. The Morgan fingerprint density at radius 1 is 0.684 bits per heavy atom. The van der Waals surface area contributed by atoms with E-state index in [-0.39, 0.29) is 5.91 Å². The number of amidine groups is 1. The lowest BCUT2D eigenvalue weighted by Crippen LogP contribution is -2.38.